The summed E-state index contributed by atoms with van der Waals surface area (Å²) < 4.78 is 32.9. The van der Waals surface area contributed by atoms with Crippen LogP contribution in [0.15, 0.2) is 23.1 Å². The van der Waals surface area contributed by atoms with Crippen LogP contribution in [0.5, 0.6) is 5.75 Å². The van der Waals surface area contributed by atoms with Crippen molar-refractivity contribution in [2.24, 2.45) is 5.92 Å². The van der Waals surface area contributed by atoms with Gasteiger partial charge in [0, 0.05) is 6.04 Å². The minimum absolute atomic E-state index is 0.0251. The standard InChI is InChI=1S/C15H24N2O3S/c1-3-11-6-4-5-7-14(11)17-21(18,19)12-8-9-15(20-2)13(16)10-12/h8-11,14,17H,3-7,16H2,1-2H3. The summed E-state index contributed by atoms with van der Waals surface area (Å²) in [7, 11) is -2.03. The molecule has 3 N–H and O–H groups in total. The van der Waals surface area contributed by atoms with Crippen molar-refractivity contribution in [3.05, 3.63) is 18.2 Å². The van der Waals surface area contributed by atoms with E-state index in [1.54, 1.807) is 6.07 Å². The predicted molar refractivity (Wildman–Crippen MR) is 83.8 cm³/mol. The first-order valence-electron chi connectivity index (χ1n) is 7.43. The van der Waals surface area contributed by atoms with Gasteiger partial charge in [-0.15, -0.1) is 0 Å². The minimum atomic E-state index is -3.54. The van der Waals surface area contributed by atoms with E-state index in [4.69, 9.17) is 10.5 Å². The van der Waals surface area contributed by atoms with Crippen molar-refractivity contribution < 1.29 is 13.2 Å². The van der Waals surface area contributed by atoms with Crippen LogP contribution in [-0.4, -0.2) is 21.6 Å². The van der Waals surface area contributed by atoms with E-state index in [0.717, 1.165) is 25.7 Å². The molecule has 2 atom stereocenters. The lowest BCUT2D eigenvalue weighted by Crippen LogP contribution is -2.41. The average Bonchev–Trinajstić information content (AvgIpc) is 2.47. The number of anilines is 1. The van der Waals surface area contributed by atoms with Crippen LogP contribution in [-0.2, 0) is 10.0 Å². The lowest BCUT2D eigenvalue weighted by Gasteiger charge is -2.31. The fourth-order valence-electron chi connectivity index (χ4n) is 3.00. The Kier molecular flexibility index (Phi) is 5.11. The topological polar surface area (TPSA) is 81.4 Å². The molecule has 6 heteroatoms. The average molecular weight is 312 g/mol. The molecule has 0 spiro atoms. The van der Waals surface area contributed by atoms with Crippen molar-refractivity contribution in [3.63, 3.8) is 0 Å². The van der Waals surface area contributed by atoms with Gasteiger partial charge in [0.2, 0.25) is 10.0 Å². The van der Waals surface area contributed by atoms with Crippen molar-refractivity contribution in [1.29, 1.82) is 0 Å². The molecule has 5 nitrogen and oxygen atoms in total. The van der Waals surface area contributed by atoms with Crippen LogP contribution in [0.4, 0.5) is 5.69 Å². The second-order valence-electron chi connectivity index (χ2n) is 5.58. The monoisotopic (exact) mass is 312 g/mol. The van der Waals surface area contributed by atoms with Gasteiger partial charge >= 0.3 is 0 Å². The molecule has 0 saturated heterocycles. The summed E-state index contributed by atoms with van der Waals surface area (Å²) in [5, 5.41) is 0. The van der Waals surface area contributed by atoms with Crippen molar-refractivity contribution in [2.45, 2.75) is 50.0 Å². The third-order valence-corrected chi connectivity index (χ3v) is 5.74. The number of nitrogens with two attached hydrogens (primary N) is 1. The number of sulfonamides is 1. The van der Waals surface area contributed by atoms with E-state index in [-0.39, 0.29) is 10.9 Å². The summed E-state index contributed by atoms with van der Waals surface area (Å²) in [5.41, 5.74) is 6.13. The Balaban J connectivity index is 2.19. The van der Waals surface area contributed by atoms with Crippen LogP contribution >= 0.6 is 0 Å². The summed E-state index contributed by atoms with van der Waals surface area (Å²) >= 11 is 0. The van der Waals surface area contributed by atoms with E-state index >= 15 is 0 Å². The second kappa shape index (κ2) is 6.66. The number of hydrogen-bond acceptors (Lipinski definition) is 4. The van der Waals surface area contributed by atoms with Gasteiger partial charge in [0.05, 0.1) is 17.7 Å². The Bertz CT molecular complexity index is 587. The maximum atomic E-state index is 12.5. The number of methoxy groups -OCH3 is 1. The van der Waals surface area contributed by atoms with E-state index in [9.17, 15) is 8.42 Å². The van der Waals surface area contributed by atoms with Gasteiger partial charge in [0.25, 0.3) is 0 Å². The van der Waals surface area contributed by atoms with Crippen LogP contribution in [0, 0.1) is 5.92 Å². The molecule has 1 fully saturated rings. The molecule has 1 saturated carbocycles. The van der Waals surface area contributed by atoms with Gasteiger partial charge in [0.1, 0.15) is 5.75 Å². The third kappa shape index (κ3) is 3.68. The lowest BCUT2D eigenvalue weighted by atomic mass is 9.83. The Morgan fingerprint density at radius 1 is 1.33 bits per heavy atom. The molecular weight excluding hydrogens is 288 g/mol. The highest BCUT2D eigenvalue weighted by molar-refractivity contribution is 7.89. The number of rotatable bonds is 5. The van der Waals surface area contributed by atoms with Gasteiger partial charge in [-0.25, -0.2) is 13.1 Å². The van der Waals surface area contributed by atoms with E-state index in [2.05, 4.69) is 11.6 Å². The van der Waals surface area contributed by atoms with Crippen molar-refractivity contribution in [2.75, 3.05) is 12.8 Å². The molecule has 1 aliphatic rings. The summed E-state index contributed by atoms with van der Waals surface area (Å²) in [6.07, 6.45) is 5.26. The first-order chi connectivity index (χ1) is 9.97. The first-order valence-corrected chi connectivity index (χ1v) is 8.92. The second-order valence-corrected chi connectivity index (χ2v) is 7.30. The number of benzene rings is 1. The van der Waals surface area contributed by atoms with Gasteiger partial charge in [-0.1, -0.05) is 26.2 Å². The molecule has 0 amide bonds. The van der Waals surface area contributed by atoms with Crippen LogP contribution in [0.1, 0.15) is 39.0 Å². The minimum Gasteiger partial charge on any atom is -0.495 e. The predicted octanol–water partition coefficient (Wildman–Crippen LogP) is 2.52. The maximum absolute atomic E-state index is 12.5. The van der Waals surface area contributed by atoms with Crippen LogP contribution in [0.2, 0.25) is 0 Å². The molecule has 1 aliphatic carbocycles. The van der Waals surface area contributed by atoms with Gasteiger partial charge in [-0.3, -0.25) is 0 Å². The maximum Gasteiger partial charge on any atom is 0.240 e. The molecule has 21 heavy (non-hydrogen) atoms. The number of ether oxygens (including phenoxy) is 1. The largest absolute Gasteiger partial charge is 0.495 e. The normalized spacial score (nSPS) is 23.0. The highest BCUT2D eigenvalue weighted by atomic mass is 32.2. The fourth-order valence-corrected chi connectivity index (χ4v) is 4.37. The SMILES string of the molecule is CCC1CCCCC1NS(=O)(=O)c1ccc(OC)c(N)c1. The summed E-state index contributed by atoms with van der Waals surface area (Å²) in [5.74, 6) is 0.905. The van der Waals surface area contributed by atoms with Gasteiger partial charge in [-0.2, -0.15) is 0 Å². The van der Waals surface area contributed by atoms with E-state index in [1.165, 1.54) is 25.7 Å². The molecule has 0 heterocycles. The molecule has 0 aliphatic heterocycles. The molecule has 1 aromatic carbocycles. The van der Waals surface area contributed by atoms with Crippen molar-refractivity contribution in [3.8, 4) is 5.75 Å². The van der Waals surface area contributed by atoms with Gasteiger partial charge in [-0.05, 0) is 37.0 Å². The van der Waals surface area contributed by atoms with Crippen LogP contribution in [0.25, 0.3) is 0 Å². The summed E-state index contributed by atoms with van der Waals surface area (Å²) in [4.78, 5) is 0.196. The number of hydrogen-bond donors (Lipinski definition) is 2. The van der Waals surface area contributed by atoms with E-state index < -0.39 is 10.0 Å². The molecule has 1 aromatic rings. The zero-order valence-electron chi connectivity index (χ0n) is 12.6. The van der Waals surface area contributed by atoms with Crippen molar-refractivity contribution >= 4 is 15.7 Å². The Labute approximate surface area is 126 Å². The fraction of sp³-hybridized carbons (Fsp3) is 0.600. The van der Waals surface area contributed by atoms with Crippen LogP contribution in [0.3, 0.4) is 0 Å². The van der Waals surface area contributed by atoms with Gasteiger partial charge in [0.15, 0.2) is 0 Å². The quantitative estimate of drug-likeness (QED) is 0.819. The zero-order valence-corrected chi connectivity index (χ0v) is 13.4. The number of nitrogen functional groups attached to an aromatic ring is 1. The number of nitrogens with one attached hydrogen (secondary N) is 1. The molecule has 0 radical (unpaired) electrons. The lowest BCUT2D eigenvalue weighted by molar-refractivity contribution is 0.282. The van der Waals surface area contributed by atoms with Gasteiger partial charge < -0.3 is 10.5 Å². The van der Waals surface area contributed by atoms with E-state index in [0.29, 0.717) is 17.4 Å². The Morgan fingerprint density at radius 3 is 2.67 bits per heavy atom. The van der Waals surface area contributed by atoms with Crippen LogP contribution < -0.4 is 15.2 Å². The molecular formula is C15H24N2O3S. The summed E-state index contributed by atoms with van der Waals surface area (Å²) in [6.45, 7) is 2.11. The van der Waals surface area contributed by atoms with E-state index in [1.807, 2.05) is 0 Å². The highest BCUT2D eigenvalue weighted by Gasteiger charge is 2.28. The Hall–Kier alpha value is -1.27. The van der Waals surface area contributed by atoms with Crippen molar-refractivity contribution in [1.82, 2.24) is 4.72 Å². The molecule has 0 bridgehead atoms. The first kappa shape index (κ1) is 16.1. The highest BCUT2D eigenvalue weighted by Crippen LogP contribution is 2.29. The Morgan fingerprint density at radius 2 is 2.05 bits per heavy atom. The zero-order chi connectivity index (χ0) is 15.5. The molecule has 118 valence electrons. The molecule has 2 rings (SSSR count). The summed E-state index contributed by atoms with van der Waals surface area (Å²) in [6, 6.07) is 4.59. The third-order valence-electron chi connectivity index (χ3n) is 4.25. The molecule has 0 aromatic heterocycles. The smallest absolute Gasteiger partial charge is 0.240 e. The molecule has 2 unspecified atom stereocenters.